The van der Waals surface area contributed by atoms with Crippen LogP contribution in [0.5, 0.6) is 0 Å². The fraction of sp³-hybridized carbons (Fsp3) is 0.500. The van der Waals surface area contributed by atoms with Gasteiger partial charge in [-0.2, -0.15) is 0 Å². The number of anilines is 1. The van der Waals surface area contributed by atoms with E-state index in [1.54, 1.807) is 12.4 Å². The topological polar surface area (TPSA) is 63.8 Å². The molecular formula is C8H14N4. The molecule has 0 saturated carbocycles. The molecule has 0 fully saturated rings. The van der Waals surface area contributed by atoms with Crippen LogP contribution in [0, 0.1) is 6.92 Å². The highest BCUT2D eigenvalue weighted by atomic mass is 15.1. The molecule has 1 aromatic rings. The van der Waals surface area contributed by atoms with Gasteiger partial charge in [-0.1, -0.05) is 0 Å². The molecule has 1 heterocycles. The van der Waals surface area contributed by atoms with Gasteiger partial charge in [-0.3, -0.25) is 0 Å². The number of nitrogens with two attached hydrogens (primary N) is 1. The van der Waals surface area contributed by atoms with Crippen LogP contribution in [0.25, 0.3) is 0 Å². The quantitative estimate of drug-likeness (QED) is 0.688. The summed E-state index contributed by atoms with van der Waals surface area (Å²) in [5.74, 6) is 0.638. The third-order valence-electron chi connectivity index (χ3n) is 1.51. The summed E-state index contributed by atoms with van der Waals surface area (Å²) >= 11 is 0. The SMILES string of the molecule is Cc1cnc(NC(C)CN)nc1. The van der Waals surface area contributed by atoms with E-state index in [9.17, 15) is 0 Å². The standard InChI is InChI=1S/C8H14N4/c1-6-4-10-8(11-5-6)12-7(2)3-9/h4-5,7H,3,9H2,1-2H3,(H,10,11,12). The molecule has 3 N–H and O–H groups in total. The first-order valence-corrected chi connectivity index (χ1v) is 3.97. The van der Waals surface area contributed by atoms with Crippen LogP contribution in [0.3, 0.4) is 0 Å². The van der Waals surface area contributed by atoms with Crippen molar-refractivity contribution in [3.8, 4) is 0 Å². The first-order chi connectivity index (χ1) is 5.72. The second-order valence-corrected chi connectivity index (χ2v) is 2.87. The number of nitrogens with zero attached hydrogens (tertiary/aromatic N) is 2. The molecule has 0 radical (unpaired) electrons. The summed E-state index contributed by atoms with van der Waals surface area (Å²) in [6.07, 6.45) is 3.55. The van der Waals surface area contributed by atoms with E-state index in [4.69, 9.17) is 5.73 Å². The molecule has 1 rings (SSSR count). The fourth-order valence-corrected chi connectivity index (χ4v) is 0.746. The highest BCUT2D eigenvalue weighted by molar-refractivity contribution is 5.25. The molecule has 4 heteroatoms. The van der Waals surface area contributed by atoms with Crippen molar-refractivity contribution in [3.05, 3.63) is 18.0 Å². The van der Waals surface area contributed by atoms with E-state index in [0.29, 0.717) is 12.5 Å². The Morgan fingerprint density at radius 3 is 2.58 bits per heavy atom. The molecule has 4 nitrogen and oxygen atoms in total. The van der Waals surface area contributed by atoms with Gasteiger partial charge < -0.3 is 11.1 Å². The normalized spacial score (nSPS) is 12.6. The number of aromatic nitrogens is 2. The van der Waals surface area contributed by atoms with Gasteiger partial charge in [-0.15, -0.1) is 0 Å². The molecule has 0 spiro atoms. The number of hydrogen-bond acceptors (Lipinski definition) is 4. The fourth-order valence-electron chi connectivity index (χ4n) is 0.746. The van der Waals surface area contributed by atoms with Gasteiger partial charge in [0, 0.05) is 25.0 Å². The van der Waals surface area contributed by atoms with Crippen LogP contribution in [0.1, 0.15) is 12.5 Å². The van der Waals surface area contributed by atoms with E-state index in [-0.39, 0.29) is 6.04 Å². The summed E-state index contributed by atoms with van der Waals surface area (Å²) in [5, 5.41) is 3.07. The molecule has 0 amide bonds. The Morgan fingerprint density at radius 1 is 1.50 bits per heavy atom. The first kappa shape index (κ1) is 8.93. The Labute approximate surface area is 72.2 Å². The molecule has 0 aliphatic rings. The molecule has 1 atom stereocenters. The largest absolute Gasteiger partial charge is 0.351 e. The van der Waals surface area contributed by atoms with Crippen LogP contribution in [-0.2, 0) is 0 Å². The van der Waals surface area contributed by atoms with Crippen molar-refractivity contribution < 1.29 is 0 Å². The Bertz CT molecular complexity index is 231. The van der Waals surface area contributed by atoms with Gasteiger partial charge in [0.15, 0.2) is 0 Å². The third kappa shape index (κ3) is 2.47. The lowest BCUT2D eigenvalue weighted by Gasteiger charge is -2.10. The molecule has 1 unspecified atom stereocenters. The average molecular weight is 166 g/mol. The Kier molecular flexibility index (Phi) is 2.99. The number of aryl methyl sites for hydroxylation is 1. The molecule has 66 valence electrons. The molecule has 1 aromatic heterocycles. The van der Waals surface area contributed by atoms with Gasteiger partial charge >= 0.3 is 0 Å². The zero-order chi connectivity index (χ0) is 8.97. The summed E-state index contributed by atoms with van der Waals surface area (Å²) in [4.78, 5) is 8.18. The second-order valence-electron chi connectivity index (χ2n) is 2.87. The number of rotatable bonds is 3. The van der Waals surface area contributed by atoms with Gasteiger partial charge in [0.25, 0.3) is 0 Å². The van der Waals surface area contributed by atoms with Crippen molar-refractivity contribution in [1.29, 1.82) is 0 Å². The maximum absolute atomic E-state index is 5.43. The van der Waals surface area contributed by atoms with Crippen LogP contribution in [0.15, 0.2) is 12.4 Å². The summed E-state index contributed by atoms with van der Waals surface area (Å²) < 4.78 is 0. The maximum atomic E-state index is 5.43. The summed E-state index contributed by atoms with van der Waals surface area (Å²) in [6.45, 7) is 4.52. The molecule has 0 bridgehead atoms. The van der Waals surface area contributed by atoms with E-state index in [2.05, 4.69) is 15.3 Å². The summed E-state index contributed by atoms with van der Waals surface area (Å²) in [5.41, 5.74) is 6.49. The lowest BCUT2D eigenvalue weighted by molar-refractivity contribution is 0.789. The maximum Gasteiger partial charge on any atom is 0.222 e. The minimum Gasteiger partial charge on any atom is -0.351 e. The smallest absolute Gasteiger partial charge is 0.222 e. The van der Waals surface area contributed by atoms with E-state index in [0.717, 1.165) is 5.56 Å². The molecular weight excluding hydrogens is 152 g/mol. The predicted octanol–water partition coefficient (Wildman–Crippen LogP) is 0.544. The van der Waals surface area contributed by atoms with Crippen molar-refractivity contribution in [3.63, 3.8) is 0 Å². The van der Waals surface area contributed by atoms with Gasteiger partial charge in [0.05, 0.1) is 0 Å². The monoisotopic (exact) mass is 166 g/mol. The second kappa shape index (κ2) is 4.01. The van der Waals surface area contributed by atoms with Gasteiger partial charge in [-0.25, -0.2) is 9.97 Å². The highest BCUT2D eigenvalue weighted by Crippen LogP contribution is 1.99. The van der Waals surface area contributed by atoms with Gasteiger partial charge in [-0.05, 0) is 19.4 Å². The minimum absolute atomic E-state index is 0.215. The van der Waals surface area contributed by atoms with Crippen molar-refractivity contribution in [1.82, 2.24) is 9.97 Å². The minimum atomic E-state index is 0.215. The van der Waals surface area contributed by atoms with Crippen molar-refractivity contribution in [2.75, 3.05) is 11.9 Å². The van der Waals surface area contributed by atoms with Crippen molar-refractivity contribution in [2.45, 2.75) is 19.9 Å². The van der Waals surface area contributed by atoms with Crippen LogP contribution in [-0.4, -0.2) is 22.6 Å². The molecule has 0 aliphatic heterocycles. The first-order valence-electron chi connectivity index (χ1n) is 3.97. The van der Waals surface area contributed by atoms with Crippen LogP contribution in [0.2, 0.25) is 0 Å². The van der Waals surface area contributed by atoms with Crippen molar-refractivity contribution >= 4 is 5.95 Å². The van der Waals surface area contributed by atoms with Crippen LogP contribution in [0.4, 0.5) is 5.95 Å². The molecule has 12 heavy (non-hydrogen) atoms. The summed E-state index contributed by atoms with van der Waals surface area (Å²) in [6, 6.07) is 0.215. The Balaban J connectivity index is 2.58. The van der Waals surface area contributed by atoms with E-state index in [1.165, 1.54) is 0 Å². The van der Waals surface area contributed by atoms with Crippen LogP contribution >= 0.6 is 0 Å². The average Bonchev–Trinajstić information content (AvgIpc) is 2.09. The Hall–Kier alpha value is -1.16. The van der Waals surface area contributed by atoms with Gasteiger partial charge in [0.2, 0.25) is 5.95 Å². The highest BCUT2D eigenvalue weighted by Gasteiger charge is 1.99. The molecule has 0 aromatic carbocycles. The van der Waals surface area contributed by atoms with E-state index < -0.39 is 0 Å². The lowest BCUT2D eigenvalue weighted by atomic mass is 10.3. The zero-order valence-electron chi connectivity index (χ0n) is 7.41. The number of nitrogens with one attached hydrogen (secondary N) is 1. The van der Waals surface area contributed by atoms with Crippen LogP contribution < -0.4 is 11.1 Å². The Morgan fingerprint density at radius 2 is 2.08 bits per heavy atom. The number of hydrogen-bond donors (Lipinski definition) is 2. The van der Waals surface area contributed by atoms with E-state index in [1.807, 2.05) is 13.8 Å². The van der Waals surface area contributed by atoms with Gasteiger partial charge in [0.1, 0.15) is 0 Å². The summed E-state index contributed by atoms with van der Waals surface area (Å²) in [7, 11) is 0. The zero-order valence-corrected chi connectivity index (χ0v) is 7.41. The molecule has 0 aliphatic carbocycles. The third-order valence-corrected chi connectivity index (χ3v) is 1.51. The van der Waals surface area contributed by atoms with Crippen molar-refractivity contribution in [2.24, 2.45) is 5.73 Å². The van der Waals surface area contributed by atoms with E-state index >= 15 is 0 Å². The lowest BCUT2D eigenvalue weighted by Crippen LogP contribution is -2.26. The molecule has 0 saturated heterocycles. The predicted molar refractivity (Wildman–Crippen MR) is 48.9 cm³/mol.